The second-order valence-electron chi connectivity index (χ2n) is 5.36. The topological polar surface area (TPSA) is 50.2 Å². The van der Waals surface area contributed by atoms with Crippen molar-refractivity contribution in [3.8, 4) is 0 Å². The minimum Gasteiger partial charge on any atom is -0.347 e. The fourth-order valence-corrected chi connectivity index (χ4v) is 1.28. The Labute approximate surface area is 103 Å². The standard InChI is InChI=1S/C12H22N4O/c1-12(2,3)14-8-10-13-6-7-16(10)9-11(17)15(4)5/h6-7,14H,8-9H2,1-5H3. The molecule has 0 aliphatic heterocycles. The highest BCUT2D eigenvalue weighted by atomic mass is 16.2. The molecule has 0 unspecified atom stereocenters. The number of imidazole rings is 1. The number of likely N-dealkylation sites (N-methyl/N-ethyl adjacent to an activating group) is 1. The fourth-order valence-electron chi connectivity index (χ4n) is 1.28. The van der Waals surface area contributed by atoms with Crippen LogP contribution in [0.5, 0.6) is 0 Å². The van der Waals surface area contributed by atoms with Crippen LogP contribution in [0.25, 0.3) is 0 Å². The summed E-state index contributed by atoms with van der Waals surface area (Å²) in [5.41, 5.74) is 0.0440. The Bertz CT molecular complexity index is 376. The Kier molecular flexibility index (Phi) is 4.28. The molecule has 1 aromatic rings. The van der Waals surface area contributed by atoms with Crippen LogP contribution in [0, 0.1) is 0 Å². The highest BCUT2D eigenvalue weighted by Gasteiger charge is 2.12. The van der Waals surface area contributed by atoms with Gasteiger partial charge in [-0.15, -0.1) is 0 Å². The normalized spacial score (nSPS) is 11.6. The van der Waals surface area contributed by atoms with Crippen molar-refractivity contribution in [1.82, 2.24) is 19.8 Å². The summed E-state index contributed by atoms with van der Waals surface area (Å²) in [7, 11) is 3.51. The molecule has 0 bridgehead atoms. The Morgan fingerprint density at radius 1 is 1.47 bits per heavy atom. The van der Waals surface area contributed by atoms with E-state index in [0.717, 1.165) is 5.82 Å². The summed E-state index contributed by atoms with van der Waals surface area (Å²) in [5.74, 6) is 0.954. The molecular weight excluding hydrogens is 216 g/mol. The summed E-state index contributed by atoms with van der Waals surface area (Å²) in [6, 6.07) is 0. The van der Waals surface area contributed by atoms with Gasteiger partial charge in [-0.1, -0.05) is 0 Å². The number of nitrogens with one attached hydrogen (secondary N) is 1. The third-order valence-corrected chi connectivity index (χ3v) is 2.38. The smallest absolute Gasteiger partial charge is 0.242 e. The van der Waals surface area contributed by atoms with Crippen LogP contribution in [0.15, 0.2) is 12.4 Å². The van der Waals surface area contributed by atoms with Gasteiger partial charge in [0.25, 0.3) is 0 Å². The number of rotatable bonds is 4. The number of hydrogen-bond donors (Lipinski definition) is 1. The molecule has 0 spiro atoms. The largest absolute Gasteiger partial charge is 0.347 e. The molecule has 5 heteroatoms. The molecule has 5 nitrogen and oxygen atoms in total. The summed E-state index contributed by atoms with van der Waals surface area (Å²) in [6.45, 7) is 7.31. The average Bonchev–Trinajstić information content (AvgIpc) is 2.61. The predicted octanol–water partition coefficient (Wildman–Crippen LogP) is 0.859. The van der Waals surface area contributed by atoms with Crippen molar-refractivity contribution in [2.75, 3.05) is 14.1 Å². The number of nitrogens with zero attached hydrogens (tertiary/aromatic N) is 3. The molecule has 1 aromatic heterocycles. The lowest BCUT2D eigenvalue weighted by Gasteiger charge is -2.20. The van der Waals surface area contributed by atoms with Crippen LogP contribution in [0.3, 0.4) is 0 Å². The first-order chi connectivity index (χ1) is 7.79. The van der Waals surface area contributed by atoms with Crippen LogP contribution in [0.2, 0.25) is 0 Å². The zero-order valence-corrected chi connectivity index (χ0v) is 11.3. The van der Waals surface area contributed by atoms with Crippen molar-refractivity contribution in [2.45, 2.75) is 39.4 Å². The summed E-state index contributed by atoms with van der Waals surface area (Å²) in [4.78, 5) is 17.5. The molecule has 0 atom stereocenters. The molecular formula is C12H22N4O. The molecule has 0 saturated carbocycles. The van der Waals surface area contributed by atoms with Crippen molar-refractivity contribution in [3.63, 3.8) is 0 Å². The molecule has 0 fully saturated rings. The zero-order valence-electron chi connectivity index (χ0n) is 11.3. The van der Waals surface area contributed by atoms with E-state index in [4.69, 9.17) is 0 Å². The van der Waals surface area contributed by atoms with Gasteiger partial charge in [0.15, 0.2) is 0 Å². The van der Waals surface area contributed by atoms with Crippen LogP contribution in [-0.4, -0.2) is 40.0 Å². The van der Waals surface area contributed by atoms with Gasteiger partial charge in [-0.25, -0.2) is 4.98 Å². The van der Waals surface area contributed by atoms with Crippen LogP contribution < -0.4 is 5.32 Å². The summed E-state index contributed by atoms with van der Waals surface area (Å²) >= 11 is 0. The molecule has 0 radical (unpaired) electrons. The SMILES string of the molecule is CN(C)C(=O)Cn1ccnc1CNC(C)(C)C. The minimum absolute atomic E-state index is 0.0440. The van der Waals surface area contributed by atoms with E-state index in [-0.39, 0.29) is 11.4 Å². The van der Waals surface area contributed by atoms with E-state index >= 15 is 0 Å². The molecule has 17 heavy (non-hydrogen) atoms. The molecule has 0 aliphatic rings. The van der Waals surface area contributed by atoms with Crippen LogP contribution in [-0.2, 0) is 17.9 Å². The molecule has 0 aliphatic carbocycles. The zero-order chi connectivity index (χ0) is 13.1. The molecule has 0 saturated heterocycles. The lowest BCUT2D eigenvalue weighted by molar-refractivity contribution is -0.129. The van der Waals surface area contributed by atoms with E-state index in [1.807, 2.05) is 10.8 Å². The Morgan fingerprint density at radius 2 is 2.12 bits per heavy atom. The van der Waals surface area contributed by atoms with Crippen molar-refractivity contribution in [3.05, 3.63) is 18.2 Å². The van der Waals surface area contributed by atoms with Crippen LogP contribution in [0.4, 0.5) is 0 Å². The maximum absolute atomic E-state index is 11.6. The lowest BCUT2D eigenvalue weighted by atomic mass is 10.1. The quantitative estimate of drug-likeness (QED) is 0.846. The summed E-state index contributed by atoms with van der Waals surface area (Å²) < 4.78 is 1.88. The van der Waals surface area contributed by atoms with Gasteiger partial charge >= 0.3 is 0 Å². The fraction of sp³-hybridized carbons (Fsp3) is 0.667. The highest BCUT2D eigenvalue weighted by molar-refractivity contribution is 5.75. The number of carbonyl (C=O) groups excluding carboxylic acids is 1. The van der Waals surface area contributed by atoms with Gasteiger partial charge in [-0.3, -0.25) is 4.79 Å². The van der Waals surface area contributed by atoms with E-state index in [0.29, 0.717) is 13.1 Å². The van der Waals surface area contributed by atoms with E-state index < -0.39 is 0 Å². The molecule has 1 rings (SSSR count). The number of aromatic nitrogens is 2. The third kappa shape index (κ3) is 4.56. The third-order valence-electron chi connectivity index (χ3n) is 2.38. The van der Waals surface area contributed by atoms with Crippen molar-refractivity contribution in [2.24, 2.45) is 0 Å². The molecule has 0 aromatic carbocycles. The second kappa shape index (κ2) is 5.31. The average molecular weight is 238 g/mol. The van der Waals surface area contributed by atoms with Gasteiger partial charge in [0.05, 0.1) is 6.54 Å². The summed E-state index contributed by atoms with van der Waals surface area (Å²) in [5, 5.41) is 3.36. The van der Waals surface area contributed by atoms with Crippen LogP contribution >= 0.6 is 0 Å². The number of amides is 1. The van der Waals surface area contributed by atoms with Gasteiger partial charge in [0.1, 0.15) is 12.4 Å². The van der Waals surface area contributed by atoms with E-state index in [2.05, 4.69) is 31.1 Å². The van der Waals surface area contributed by atoms with Crippen molar-refractivity contribution in [1.29, 1.82) is 0 Å². The Hall–Kier alpha value is -1.36. The number of carbonyl (C=O) groups is 1. The Morgan fingerprint density at radius 3 is 2.65 bits per heavy atom. The van der Waals surface area contributed by atoms with Crippen molar-refractivity contribution >= 4 is 5.91 Å². The minimum atomic E-state index is 0.0440. The molecule has 1 heterocycles. The second-order valence-corrected chi connectivity index (χ2v) is 5.36. The van der Waals surface area contributed by atoms with Gasteiger partial charge in [0.2, 0.25) is 5.91 Å². The van der Waals surface area contributed by atoms with Gasteiger partial charge in [-0.2, -0.15) is 0 Å². The van der Waals surface area contributed by atoms with Gasteiger partial charge in [-0.05, 0) is 20.8 Å². The summed E-state index contributed by atoms with van der Waals surface area (Å²) in [6.07, 6.45) is 3.56. The molecule has 96 valence electrons. The maximum Gasteiger partial charge on any atom is 0.242 e. The highest BCUT2D eigenvalue weighted by Crippen LogP contribution is 2.03. The monoisotopic (exact) mass is 238 g/mol. The maximum atomic E-state index is 11.6. The predicted molar refractivity (Wildman–Crippen MR) is 67.5 cm³/mol. The lowest BCUT2D eigenvalue weighted by Crippen LogP contribution is -2.36. The van der Waals surface area contributed by atoms with Crippen LogP contribution in [0.1, 0.15) is 26.6 Å². The first-order valence-electron chi connectivity index (χ1n) is 5.75. The first kappa shape index (κ1) is 13.7. The molecule has 1 N–H and O–H groups in total. The molecule has 1 amide bonds. The Balaban J connectivity index is 2.63. The van der Waals surface area contributed by atoms with Gasteiger partial charge in [0, 0.05) is 32.0 Å². The van der Waals surface area contributed by atoms with Gasteiger partial charge < -0.3 is 14.8 Å². The van der Waals surface area contributed by atoms with Crippen molar-refractivity contribution < 1.29 is 4.79 Å². The number of hydrogen-bond acceptors (Lipinski definition) is 3. The van der Waals surface area contributed by atoms with E-state index in [9.17, 15) is 4.79 Å². The first-order valence-corrected chi connectivity index (χ1v) is 5.75. The van der Waals surface area contributed by atoms with E-state index in [1.165, 1.54) is 0 Å². The van der Waals surface area contributed by atoms with E-state index in [1.54, 1.807) is 25.2 Å².